The van der Waals surface area contributed by atoms with Crippen LogP contribution in [0, 0.1) is 0 Å². The normalized spacial score (nSPS) is 13.5. The predicted molar refractivity (Wildman–Crippen MR) is 237 cm³/mol. The summed E-state index contributed by atoms with van der Waals surface area (Å²) >= 11 is 0. The van der Waals surface area contributed by atoms with E-state index in [-0.39, 0.29) is 0 Å². The molecule has 2 aliphatic carbocycles. The van der Waals surface area contributed by atoms with Gasteiger partial charge in [0.1, 0.15) is 11.2 Å². The van der Waals surface area contributed by atoms with E-state index in [0.29, 0.717) is 23.0 Å². The lowest BCUT2D eigenvalue weighted by Crippen LogP contribution is -2.25. The minimum Gasteiger partial charge on any atom is -0.455 e. The second-order valence-electron chi connectivity index (χ2n) is 15.6. The summed E-state index contributed by atoms with van der Waals surface area (Å²) in [6.07, 6.45) is 0. The van der Waals surface area contributed by atoms with Crippen LogP contribution in [0.5, 0.6) is 23.0 Å². The second kappa shape index (κ2) is 12.1. The maximum atomic E-state index is 6.92. The Bertz CT molecular complexity index is 3300. The summed E-state index contributed by atoms with van der Waals surface area (Å²) in [6.45, 7) is 0. The SMILES string of the molecule is c1ccc(N(c2ccc(-c3cccc4c3oc3ccccc34)cc2)c2ccc3c(c2)Oc2cc4c(cc2O3)-c2ccccc2C42c3ccccc3-c3ccccc32)cc1. The van der Waals surface area contributed by atoms with Crippen molar-refractivity contribution in [2.45, 2.75) is 5.41 Å². The average molecular weight is 756 g/mol. The first-order valence-corrected chi connectivity index (χ1v) is 20.1. The number of ether oxygens (including phenoxy) is 2. The van der Waals surface area contributed by atoms with E-state index in [1.807, 2.05) is 24.3 Å². The first-order chi connectivity index (χ1) is 29.2. The van der Waals surface area contributed by atoms with Crippen LogP contribution < -0.4 is 14.4 Å². The van der Waals surface area contributed by atoms with Crippen molar-refractivity contribution in [3.8, 4) is 56.4 Å². The summed E-state index contributed by atoms with van der Waals surface area (Å²) < 4.78 is 20.0. The zero-order valence-corrected chi connectivity index (χ0v) is 31.7. The molecule has 1 aromatic heterocycles. The number of para-hydroxylation sites is 3. The van der Waals surface area contributed by atoms with E-state index in [4.69, 9.17) is 13.9 Å². The van der Waals surface area contributed by atoms with Crippen LogP contribution in [0.1, 0.15) is 22.3 Å². The van der Waals surface area contributed by atoms with Gasteiger partial charge >= 0.3 is 0 Å². The molecule has 4 nitrogen and oxygen atoms in total. The van der Waals surface area contributed by atoms with Gasteiger partial charge in [0.2, 0.25) is 0 Å². The Balaban J connectivity index is 0.910. The number of rotatable bonds is 4. The van der Waals surface area contributed by atoms with E-state index in [1.165, 1.54) is 44.5 Å². The maximum Gasteiger partial charge on any atom is 0.172 e. The number of furan rings is 1. The number of benzene rings is 9. The lowest BCUT2D eigenvalue weighted by Gasteiger charge is -2.31. The van der Waals surface area contributed by atoms with E-state index < -0.39 is 5.41 Å². The molecule has 3 aliphatic rings. The highest BCUT2D eigenvalue weighted by molar-refractivity contribution is 6.09. The molecule has 13 rings (SSSR count). The van der Waals surface area contributed by atoms with Crippen LogP contribution >= 0.6 is 0 Å². The van der Waals surface area contributed by atoms with Gasteiger partial charge in [-0.2, -0.15) is 0 Å². The molecular weight excluding hydrogens is 723 g/mol. The fourth-order valence-electron chi connectivity index (χ4n) is 10.1. The van der Waals surface area contributed by atoms with E-state index in [0.717, 1.165) is 50.1 Å². The predicted octanol–water partition coefficient (Wildman–Crippen LogP) is 15.0. The van der Waals surface area contributed by atoms with Gasteiger partial charge in [0.05, 0.1) is 11.1 Å². The highest BCUT2D eigenvalue weighted by Gasteiger charge is 2.52. The van der Waals surface area contributed by atoms with Crippen LogP contribution in [-0.4, -0.2) is 0 Å². The molecular formula is C55H33NO3. The number of anilines is 3. The molecule has 0 saturated heterocycles. The minimum absolute atomic E-state index is 0.466. The first kappa shape index (κ1) is 32.3. The topological polar surface area (TPSA) is 34.8 Å². The molecule has 0 unspecified atom stereocenters. The molecule has 2 heterocycles. The molecule has 9 aromatic carbocycles. The molecule has 10 aromatic rings. The molecule has 0 saturated carbocycles. The average Bonchev–Trinajstić information content (AvgIpc) is 3.92. The lowest BCUT2D eigenvalue weighted by molar-refractivity contribution is 0.359. The second-order valence-corrected chi connectivity index (χ2v) is 15.6. The summed E-state index contributed by atoms with van der Waals surface area (Å²) in [5.74, 6) is 2.77. The van der Waals surface area contributed by atoms with E-state index in [2.05, 4.69) is 181 Å². The molecule has 1 spiro atoms. The van der Waals surface area contributed by atoms with Gasteiger partial charge in [0.25, 0.3) is 0 Å². The Labute approximate surface area is 340 Å². The van der Waals surface area contributed by atoms with Crippen molar-refractivity contribution in [2.75, 3.05) is 4.90 Å². The summed E-state index contributed by atoms with van der Waals surface area (Å²) in [5, 5.41) is 2.24. The Morgan fingerprint density at radius 1 is 0.339 bits per heavy atom. The third-order valence-electron chi connectivity index (χ3n) is 12.5. The first-order valence-electron chi connectivity index (χ1n) is 20.1. The third-order valence-corrected chi connectivity index (χ3v) is 12.5. The van der Waals surface area contributed by atoms with Crippen LogP contribution in [0.25, 0.3) is 55.3 Å². The van der Waals surface area contributed by atoms with Crippen molar-refractivity contribution in [1.29, 1.82) is 0 Å². The Hall–Kier alpha value is -7.82. The molecule has 0 N–H and O–H groups in total. The van der Waals surface area contributed by atoms with E-state index in [1.54, 1.807) is 0 Å². The Kier molecular flexibility index (Phi) is 6.62. The molecule has 0 radical (unpaired) electrons. The number of hydrogen-bond acceptors (Lipinski definition) is 4. The molecule has 0 fully saturated rings. The number of hydrogen-bond donors (Lipinski definition) is 0. The number of fused-ring (bicyclic) bond motifs is 15. The molecule has 0 atom stereocenters. The van der Waals surface area contributed by atoms with Crippen molar-refractivity contribution in [1.82, 2.24) is 0 Å². The van der Waals surface area contributed by atoms with Gasteiger partial charge in [-0.1, -0.05) is 140 Å². The van der Waals surface area contributed by atoms with Crippen LogP contribution in [0.4, 0.5) is 17.1 Å². The molecule has 0 amide bonds. The molecule has 59 heavy (non-hydrogen) atoms. The van der Waals surface area contributed by atoms with Gasteiger partial charge in [-0.25, -0.2) is 0 Å². The zero-order chi connectivity index (χ0) is 38.7. The van der Waals surface area contributed by atoms with Gasteiger partial charge in [0.15, 0.2) is 23.0 Å². The van der Waals surface area contributed by atoms with E-state index >= 15 is 0 Å². The van der Waals surface area contributed by atoms with Gasteiger partial charge in [0, 0.05) is 33.8 Å². The largest absolute Gasteiger partial charge is 0.455 e. The van der Waals surface area contributed by atoms with Gasteiger partial charge in [-0.05, 0) is 105 Å². The summed E-state index contributed by atoms with van der Waals surface area (Å²) in [5.41, 5.74) is 16.5. The van der Waals surface area contributed by atoms with Gasteiger partial charge in [-0.3, -0.25) is 0 Å². The summed E-state index contributed by atoms with van der Waals surface area (Å²) in [7, 11) is 0. The third kappa shape index (κ3) is 4.48. The smallest absolute Gasteiger partial charge is 0.172 e. The van der Waals surface area contributed by atoms with Gasteiger partial charge in [-0.15, -0.1) is 0 Å². The maximum absolute atomic E-state index is 6.92. The molecule has 0 bridgehead atoms. The molecule has 1 aliphatic heterocycles. The van der Waals surface area contributed by atoms with Crippen LogP contribution in [-0.2, 0) is 5.41 Å². The highest BCUT2D eigenvalue weighted by Crippen LogP contribution is 2.64. The van der Waals surface area contributed by atoms with Crippen molar-refractivity contribution < 1.29 is 13.9 Å². The zero-order valence-electron chi connectivity index (χ0n) is 31.7. The summed E-state index contributed by atoms with van der Waals surface area (Å²) in [4.78, 5) is 2.26. The van der Waals surface area contributed by atoms with Crippen molar-refractivity contribution in [3.05, 3.63) is 222 Å². The lowest BCUT2D eigenvalue weighted by atomic mass is 9.70. The Morgan fingerprint density at radius 2 is 0.881 bits per heavy atom. The number of nitrogens with zero attached hydrogens (tertiary/aromatic N) is 1. The van der Waals surface area contributed by atoms with Crippen LogP contribution in [0.3, 0.4) is 0 Å². The fourth-order valence-corrected chi connectivity index (χ4v) is 10.1. The minimum atomic E-state index is -0.466. The summed E-state index contributed by atoms with van der Waals surface area (Å²) in [6, 6.07) is 70.9. The quantitative estimate of drug-likeness (QED) is 0.179. The monoisotopic (exact) mass is 755 g/mol. The molecule has 4 heteroatoms. The molecule has 276 valence electrons. The van der Waals surface area contributed by atoms with Crippen LogP contribution in [0.15, 0.2) is 205 Å². The van der Waals surface area contributed by atoms with Gasteiger partial charge < -0.3 is 18.8 Å². The van der Waals surface area contributed by atoms with E-state index in [9.17, 15) is 0 Å². The van der Waals surface area contributed by atoms with Crippen LogP contribution in [0.2, 0.25) is 0 Å². The van der Waals surface area contributed by atoms with Crippen molar-refractivity contribution in [3.63, 3.8) is 0 Å². The fraction of sp³-hybridized carbons (Fsp3) is 0.0182. The Morgan fingerprint density at radius 3 is 1.63 bits per heavy atom. The highest BCUT2D eigenvalue weighted by atomic mass is 16.6. The van der Waals surface area contributed by atoms with Crippen molar-refractivity contribution >= 4 is 39.0 Å². The standard InChI is InChI=1S/C55H33NO3/c1-2-13-35(14-3-1)56(36-27-25-34(26-28-36)38-19-12-20-43-42-18-7-11-24-49(42)59-54(38)43)37-29-30-50-51(31-37)58-53-33-48-44(32-52(53)57-50)41-17-6-10-23-47(41)55(48)45-21-8-4-15-39(45)40-16-5-9-22-46(40)55/h1-33H. The van der Waals surface area contributed by atoms with Crippen molar-refractivity contribution in [2.24, 2.45) is 0 Å².